The Labute approximate surface area is 152 Å². The number of benzene rings is 1. The normalized spacial score (nSPS) is 11.7. The predicted octanol–water partition coefficient (Wildman–Crippen LogP) is 4.86. The van der Waals surface area contributed by atoms with Crippen molar-refractivity contribution in [3.8, 4) is 11.3 Å². The number of hydrogen-bond acceptors (Lipinski definition) is 4. The molecule has 136 valence electrons. The Morgan fingerprint density at radius 3 is 2.52 bits per heavy atom. The molecule has 0 bridgehead atoms. The van der Waals surface area contributed by atoms with Crippen molar-refractivity contribution in [2.45, 2.75) is 13.1 Å². The van der Waals surface area contributed by atoms with E-state index in [-0.39, 0.29) is 11.3 Å². The number of rotatable bonds is 3. The topological polar surface area (TPSA) is 55.1 Å². The van der Waals surface area contributed by atoms with Crippen LogP contribution in [0.3, 0.4) is 0 Å². The van der Waals surface area contributed by atoms with Crippen molar-refractivity contribution in [1.29, 1.82) is 0 Å². The first-order chi connectivity index (χ1) is 12.9. The van der Waals surface area contributed by atoms with Gasteiger partial charge in [-0.1, -0.05) is 23.8 Å². The minimum absolute atomic E-state index is 0.0943. The summed E-state index contributed by atoms with van der Waals surface area (Å²) in [6.45, 7) is 1.97. The largest absolute Gasteiger partial charge is 0.435 e. The van der Waals surface area contributed by atoms with Crippen molar-refractivity contribution in [2.75, 3.05) is 5.32 Å². The first-order valence-electron chi connectivity index (χ1n) is 8.12. The number of aryl methyl sites for hydroxylation is 1. The Morgan fingerprint density at radius 2 is 1.78 bits per heavy atom. The summed E-state index contributed by atoms with van der Waals surface area (Å²) < 4.78 is 41.7. The van der Waals surface area contributed by atoms with Gasteiger partial charge in [-0.3, -0.25) is 4.98 Å². The summed E-state index contributed by atoms with van der Waals surface area (Å²) in [6, 6.07) is 12.4. The average Bonchev–Trinajstić information content (AvgIpc) is 3.04. The van der Waals surface area contributed by atoms with Gasteiger partial charge in [0.25, 0.3) is 0 Å². The molecule has 1 aromatic carbocycles. The zero-order valence-electron chi connectivity index (χ0n) is 14.2. The minimum atomic E-state index is -4.61. The Bertz CT molecular complexity index is 1100. The molecule has 4 rings (SSSR count). The average molecular weight is 369 g/mol. The Balaban J connectivity index is 1.81. The third-order valence-corrected chi connectivity index (χ3v) is 4.02. The summed E-state index contributed by atoms with van der Waals surface area (Å²) in [5.41, 5.74) is 1.19. The molecule has 0 saturated heterocycles. The molecule has 0 spiro atoms. The van der Waals surface area contributed by atoms with Crippen molar-refractivity contribution in [1.82, 2.24) is 19.6 Å². The maximum Gasteiger partial charge on any atom is 0.435 e. The van der Waals surface area contributed by atoms with Crippen LogP contribution in [0.1, 0.15) is 11.3 Å². The number of anilines is 2. The number of nitrogens with one attached hydrogen (secondary N) is 1. The molecule has 4 aromatic rings. The van der Waals surface area contributed by atoms with Gasteiger partial charge < -0.3 is 5.32 Å². The molecule has 0 fully saturated rings. The molecule has 0 unspecified atom stereocenters. The van der Waals surface area contributed by atoms with E-state index in [9.17, 15) is 13.2 Å². The summed E-state index contributed by atoms with van der Waals surface area (Å²) in [6.07, 6.45) is -0.374. The van der Waals surface area contributed by atoms with E-state index in [0.29, 0.717) is 11.3 Å². The fraction of sp³-hybridized carbons (Fsp3) is 0.105. The number of aromatic nitrogens is 4. The monoisotopic (exact) mass is 369 g/mol. The lowest BCUT2D eigenvalue weighted by atomic mass is 10.1. The third-order valence-electron chi connectivity index (χ3n) is 4.02. The molecule has 0 saturated carbocycles. The van der Waals surface area contributed by atoms with Gasteiger partial charge in [-0.2, -0.15) is 18.3 Å². The molecule has 0 amide bonds. The van der Waals surface area contributed by atoms with Crippen molar-refractivity contribution in [3.05, 3.63) is 72.3 Å². The quantitative estimate of drug-likeness (QED) is 0.560. The predicted molar refractivity (Wildman–Crippen MR) is 95.7 cm³/mol. The van der Waals surface area contributed by atoms with E-state index in [1.54, 1.807) is 18.2 Å². The van der Waals surface area contributed by atoms with Gasteiger partial charge in [-0.05, 0) is 31.2 Å². The Kier molecular flexibility index (Phi) is 4.02. The van der Waals surface area contributed by atoms with E-state index in [1.807, 2.05) is 31.2 Å². The molecular formula is C19H14F3N5. The van der Waals surface area contributed by atoms with Crippen LogP contribution in [0, 0.1) is 6.92 Å². The summed E-state index contributed by atoms with van der Waals surface area (Å²) >= 11 is 0. The second-order valence-corrected chi connectivity index (χ2v) is 6.03. The summed E-state index contributed by atoms with van der Waals surface area (Å²) in [7, 11) is 0. The standard InChI is InChI=1S/C19H14F3N5/c1-12-5-7-13(8-6-12)24-16-11-23-10-14(25-16)17-15-4-2-3-9-27(15)26-18(17)19(20,21)22/h2-11H,1H3,(H,24,25). The van der Waals surface area contributed by atoms with Crippen LogP contribution in [0.15, 0.2) is 61.1 Å². The van der Waals surface area contributed by atoms with Gasteiger partial charge in [0, 0.05) is 11.9 Å². The molecule has 27 heavy (non-hydrogen) atoms. The summed E-state index contributed by atoms with van der Waals surface area (Å²) in [4.78, 5) is 8.39. The summed E-state index contributed by atoms with van der Waals surface area (Å²) in [5.74, 6) is 0.347. The zero-order chi connectivity index (χ0) is 19.0. The molecule has 5 nitrogen and oxygen atoms in total. The fourth-order valence-corrected chi connectivity index (χ4v) is 2.78. The van der Waals surface area contributed by atoms with Crippen LogP contribution < -0.4 is 5.32 Å². The van der Waals surface area contributed by atoms with Crippen LogP contribution in [0.5, 0.6) is 0 Å². The van der Waals surface area contributed by atoms with Gasteiger partial charge in [0.05, 0.1) is 29.2 Å². The van der Waals surface area contributed by atoms with E-state index in [2.05, 4.69) is 20.4 Å². The van der Waals surface area contributed by atoms with Gasteiger partial charge >= 0.3 is 6.18 Å². The van der Waals surface area contributed by atoms with E-state index in [1.165, 1.54) is 23.1 Å². The molecule has 3 heterocycles. The lowest BCUT2D eigenvalue weighted by molar-refractivity contribution is -0.140. The first-order valence-corrected chi connectivity index (χ1v) is 8.12. The molecule has 0 aliphatic heterocycles. The number of nitrogens with zero attached hydrogens (tertiary/aromatic N) is 4. The number of alkyl halides is 3. The molecular weight excluding hydrogens is 355 g/mol. The second kappa shape index (κ2) is 6.39. The first kappa shape index (κ1) is 17.0. The second-order valence-electron chi connectivity index (χ2n) is 6.03. The molecule has 0 atom stereocenters. The van der Waals surface area contributed by atoms with Crippen LogP contribution in [0.25, 0.3) is 16.8 Å². The van der Waals surface area contributed by atoms with Crippen molar-refractivity contribution >= 4 is 17.0 Å². The lowest BCUT2D eigenvalue weighted by Gasteiger charge is -2.09. The molecule has 3 aromatic heterocycles. The maximum absolute atomic E-state index is 13.5. The van der Waals surface area contributed by atoms with Gasteiger partial charge in [-0.25, -0.2) is 9.50 Å². The highest BCUT2D eigenvalue weighted by atomic mass is 19.4. The SMILES string of the molecule is Cc1ccc(Nc2cncc(-c3c(C(F)(F)F)nn4ccccc34)n2)cc1. The van der Waals surface area contributed by atoms with Crippen LogP contribution >= 0.6 is 0 Å². The Morgan fingerprint density at radius 1 is 1.00 bits per heavy atom. The highest BCUT2D eigenvalue weighted by Gasteiger charge is 2.39. The van der Waals surface area contributed by atoms with Crippen LogP contribution in [0.2, 0.25) is 0 Å². The molecule has 0 radical (unpaired) electrons. The minimum Gasteiger partial charge on any atom is -0.339 e. The smallest absolute Gasteiger partial charge is 0.339 e. The lowest BCUT2D eigenvalue weighted by Crippen LogP contribution is -2.08. The van der Waals surface area contributed by atoms with Crippen molar-refractivity contribution < 1.29 is 13.2 Å². The van der Waals surface area contributed by atoms with Crippen LogP contribution in [0.4, 0.5) is 24.7 Å². The Hall–Kier alpha value is -3.42. The van der Waals surface area contributed by atoms with E-state index in [0.717, 1.165) is 11.3 Å². The van der Waals surface area contributed by atoms with E-state index in [4.69, 9.17) is 0 Å². The number of pyridine rings is 1. The summed E-state index contributed by atoms with van der Waals surface area (Å²) in [5, 5.41) is 6.74. The van der Waals surface area contributed by atoms with Crippen molar-refractivity contribution in [3.63, 3.8) is 0 Å². The van der Waals surface area contributed by atoms with Gasteiger partial charge in [0.1, 0.15) is 5.82 Å². The molecule has 8 heteroatoms. The van der Waals surface area contributed by atoms with Crippen molar-refractivity contribution in [2.24, 2.45) is 0 Å². The number of fused-ring (bicyclic) bond motifs is 1. The maximum atomic E-state index is 13.5. The van der Waals surface area contributed by atoms with Gasteiger partial charge in [0.15, 0.2) is 5.69 Å². The highest BCUT2D eigenvalue weighted by molar-refractivity contribution is 5.81. The van der Waals surface area contributed by atoms with E-state index >= 15 is 0 Å². The van der Waals surface area contributed by atoms with Crippen LogP contribution in [-0.2, 0) is 6.18 Å². The number of hydrogen-bond donors (Lipinski definition) is 1. The van der Waals surface area contributed by atoms with Gasteiger partial charge in [0.2, 0.25) is 0 Å². The third kappa shape index (κ3) is 3.33. The molecule has 1 N–H and O–H groups in total. The fourth-order valence-electron chi connectivity index (χ4n) is 2.78. The van der Waals surface area contributed by atoms with E-state index < -0.39 is 11.9 Å². The van der Waals surface area contributed by atoms with Crippen LogP contribution in [-0.4, -0.2) is 19.6 Å². The molecule has 0 aliphatic carbocycles. The highest BCUT2D eigenvalue weighted by Crippen LogP contribution is 2.38. The van der Waals surface area contributed by atoms with Gasteiger partial charge in [-0.15, -0.1) is 0 Å². The molecule has 0 aliphatic rings. The zero-order valence-corrected chi connectivity index (χ0v) is 14.2. The number of halogens is 3.